The van der Waals surface area contributed by atoms with E-state index in [-0.39, 0.29) is 27.2 Å². The molecule has 1 heterocycles. The Balaban J connectivity index is 2.39. The van der Waals surface area contributed by atoms with Gasteiger partial charge in [-0.05, 0) is 18.2 Å². The van der Waals surface area contributed by atoms with E-state index in [1.807, 2.05) is 6.07 Å². The first-order valence-electron chi connectivity index (χ1n) is 5.72. The fraction of sp³-hybridized carbons (Fsp3) is 0.0714. The molecule has 2 rings (SSSR count). The molecule has 2 aromatic rings. The third-order valence-corrected chi connectivity index (χ3v) is 3.22. The van der Waals surface area contributed by atoms with Gasteiger partial charge in [-0.2, -0.15) is 0 Å². The van der Waals surface area contributed by atoms with E-state index in [2.05, 4.69) is 10.3 Å². The third kappa shape index (κ3) is 3.15. The van der Waals surface area contributed by atoms with Crippen LogP contribution in [0.15, 0.2) is 36.4 Å². The van der Waals surface area contributed by atoms with Crippen LogP contribution in [0.25, 0.3) is 0 Å². The Labute approximate surface area is 125 Å². The molecule has 1 aromatic heterocycles. The number of benzene rings is 1. The van der Waals surface area contributed by atoms with Crippen LogP contribution in [0.5, 0.6) is 0 Å². The fourth-order valence-electron chi connectivity index (χ4n) is 1.63. The van der Waals surface area contributed by atoms with E-state index >= 15 is 0 Å². The van der Waals surface area contributed by atoms with Crippen molar-refractivity contribution in [2.75, 3.05) is 5.32 Å². The summed E-state index contributed by atoms with van der Waals surface area (Å²) < 4.78 is 0. The standard InChI is InChI=1S/C14H10Cl2N2O2/c1-8(19)12-10(7-11(15)13(16)18-12)14(20)17-9-5-3-2-4-6-9/h2-7H,1H3,(H,17,20). The number of amides is 1. The quantitative estimate of drug-likeness (QED) is 0.692. The fourth-order valence-corrected chi connectivity index (χ4v) is 1.92. The van der Waals surface area contributed by atoms with Gasteiger partial charge in [0.25, 0.3) is 5.91 Å². The molecule has 20 heavy (non-hydrogen) atoms. The van der Waals surface area contributed by atoms with Crippen molar-refractivity contribution in [3.8, 4) is 0 Å². The van der Waals surface area contributed by atoms with Crippen LogP contribution in [0.1, 0.15) is 27.8 Å². The molecule has 0 unspecified atom stereocenters. The van der Waals surface area contributed by atoms with Gasteiger partial charge in [0.05, 0.1) is 10.6 Å². The van der Waals surface area contributed by atoms with Crippen molar-refractivity contribution in [2.45, 2.75) is 6.92 Å². The minimum absolute atomic E-state index is 0.00636. The maximum absolute atomic E-state index is 12.2. The molecule has 0 atom stereocenters. The summed E-state index contributed by atoms with van der Waals surface area (Å²) in [5, 5.41) is 2.78. The molecule has 0 aliphatic carbocycles. The first-order chi connectivity index (χ1) is 9.49. The van der Waals surface area contributed by atoms with Gasteiger partial charge < -0.3 is 5.32 Å². The average molecular weight is 309 g/mol. The normalized spacial score (nSPS) is 10.2. The molecule has 0 radical (unpaired) electrons. The van der Waals surface area contributed by atoms with Gasteiger partial charge in [0, 0.05) is 12.6 Å². The predicted octanol–water partition coefficient (Wildman–Crippen LogP) is 3.84. The number of para-hydroxylation sites is 1. The van der Waals surface area contributed by atoms with E-state index in [0.29, 0.717) is 5.69 Å². The van der Waals surface area contributed by atoms with E-state index in [1.165, 1.54) is 13.0 Å². The van der Waals surface area contributed by atoms with Crippen LogP contribution in [-0.4, -0.2) is 16.7 Å². The number of hydrogen-bond donors (Lipinski definition) is 1. The number of nitrogens with one attached hydrogen (secondary N) is 1. The number of nitrogens with zero attached hydrogens (tertiary/aromatic N) is 1. The molecule has 0 aliphatic rings. The molecule has 102 valence electrons. The van der Waals surface area contributed by atoms with Gasteiger partial charge in [0.1, 0.15) is 10.8 Å². The van der Waals surface area contributed by atoms with E-state index in [9.17, 15) is 9.59 Å². The molecule has 0 aliphatic heterocycles. The number of halogens is 2. The van der Waals surface area contributed by atoms with Crippen LogP contribution in [0.2, 0.25) is 10.2 Å². The highest BCUT2D eigenvalue weighted by Gasteiger charge is 2.19. The Morgan fingerprint density at radius 2 is 1.80 bits per heavy atom. The van der Waals surface area contributed by atoms with Crippen molar-refractivity contribution in [3.05, 3.63) is 57.8 Å². The minimum Gasteiger partial charge on any atom is -0.322 e. The second kappa shape index (κ2) is 6.03. The summed E-state index contributed by atoms with van der Waals surface area (Å²) >= 11 is 11.6. The number of pyridine rings is 1. The molecule has 0 saturated carbocycles. The Morgan fingerprint density at radius 1 is 1.15 bits per heavy atom. The molecule has 0 bridgehead atoms. The number of rotatable bonds is 3. The number of anilines is 1. The largest absolute Gasteiger partial charge is 0.322 e. The molecule has 0 spiro atoms. The first-order valence-corrected chi connectivity index (χ1v) is 6.48. The average Bonchev–Trinajstić information content (AvgIpc) is 2.42. The van der Waals surface area contributed by atoms with Crippen LogP contribution in [0.3, 0.4) is 0 Å². The molecule has 1 aromatic carbocycles. The second-order valence-corrected chi connectivity index (χ2v) is 4.80. The molecule has 1 amide bonds. The van der Waals surface area contributed by atoms with Crippen molar-refractivity contribution in [1.82, 2.24) is 4.98 Å². The Bertz CT molecular complexity index is 672. The van der Waals surface area contributed by atoms with Gasteiger partial charge in [-0.3, -0.25) is 9.59 Å². The minimum atomic E-state index is -0.465. The van der Waals surface area contributed by atoms with Crippen molar-refractivity contribution in [1.29, 1.82) is 0 Å². The van der Waals surface area contributed by atoms with Crippen LogP contribution in [-0.2, 0) is 0 Å². The lowest BCUT2D eigenvalue weighted by molar-refractivity contribution is 0.0981. The summed E-state index contributed by atoms with van der Waals surface area (Å²) in [7, 11) is 0. The van der Waals surface area contributed by atoms with Crippen LogP contribution < -0.4 is 5.32 Å². The lowest BCUT2D eigenvalue weighted by Gasteiger charge is -2.09. The van der Waals surface area contributed by atoms with Gasteiger partial charge in [-0.1, -0.05) is 41.4 Å². The maximum Gasteiger partial charge on any atom is 0.258 e. The van der Waals surface area contributed by atoms with E-state index in [0.717, 1.165) is 0 Å². The second-order valence-electron chi connectivity index (χ2n) is 4.03. The molecular formula is C14H10Cl2N2O2. The monoisotopic (exact) mass is 308 g/mol. The molecule has 4 nitrogen and oxygen atoms in total. The summed E-state index contributed by atoms with van der Waals surface area (Å²) in [6, 6.07) is 10.2. The molecular weight excluding hydrogens is 299 g/mol. The number of Topliss-reactive ketones (excluding diaryl/α,β-unsaturated/α-hetero) is 1. The van der Waals surface area contributed by atoms with E-state index in [4.69, 9.17) is 23.2 Å². The Hall–Kier alpha value is -1.91. The maximum atomic E-state index is 12.2. The zero-order valence-corrected chi connectivity index (χ0v) is 12.0. The van der Waals surface area contributed by atoms with Gasteiger partial charge in [0.15, 0.2) is 5.78 Å². The summed E-state index contributed by atoms with van der Waals surface area (Å²) in [6.45, 7) is 1.31. The zero-order chi connectivity index (χ0) is 14.7. The molecule has 0 saturated heterocycles. The first kappa shape index (κ1) is 14.5. The van der Waals surface area contributed by atoms with Gasteiger partial charge in [-0.15, -0.1) is 0 Å². The Kier molecular flexibility index (Phi) is 4.37. The van der Waals surface area contributed by atoms with Crippen molar-refractivity contribution in [3.63, 3.8) is 0 Å². The van der Waals surface area contributed by atoms with E-state index < -0.39 is 5.91 Å². The summed E-state index contributed by atoms with van der Waals surface area (Å²) in [4.78, 5) is 27.6. The highest BCUT2D eigenvalue weighted by molar-refractivity contribution is 6.41. The van der Waals surface area contributed by atoms with Crippen molar-refractivity contribution < 1.29 is 9.59 Å². The zero-order valence-electron chi connectivity index (χ0n) is 10.5. The lowest BCUT2D eigenvalue weighted by atomic mass is 10.1. The summed E-state index contributed by atoms with van der Waals surface area (Å²) in [6.07, 6.45) is 0. The molecule has 0 fully saturated rings. The Morgan fingerprint density at radius 3 is 2.40 bits per heavy atom. The number of aromatic nitrogens is 1. The van der Waals surface area contributed by atoms with Crippen LogP contribution >= 0.6 is 23.2 Å². The number of carbonyl (C=O) groups is 2. The highest BCUT2D eigenvalue weighted by Crippen LogP contribution is 2.23. The van der Waals surface area contributed by atoms with Crippen molar-refractivity contribution >= 4 is 40.6 Å². The summed E-state index contributed by atoms with van der Waals surface area (Å²) in [5.74, 6) is -0.825. The lowest BCUT2D eigenvalue weighted by Crippen LogP contribution is -2.17. The topological polar surface area (TPSA) is 59.1 Å². The van der Waals surface area contributed by atoms with Crippen molar-refractivity contribution in [2.24, 2.45) is 0 Å². The highest BCUT2D eigenvalue weighted by atomic mass is 35.5. The van der Waals surface area contributed by atoms with Crippen LogP contribution in [0.4, 0.5) is 5.69 Å². The summed E-state index contributed by atoms with van der Waals surface area (Å²) in [5.41, 5.74) is 0.696. The number of hydrogen-bond acceptors (Lipinski definition) is 3. The third-order valence-electron chi connectivity index (χ3n) is 2.54. The number of carbonyl (C=O) groups excluding carboxylic acids is 2. The predicted molar refractivity (Wildman–Crippen MR) is 78.7 cm³/mol. The van der Waals surface area contributed by atoms with Crippen LogP contribution in [0, 0.1) is 0 Å². The van der Waals surface area contributed by atoms with Gasteiger partial charge in [-0.25, -0.2) is 4.98 Å². The smallest absolute Gasteiger partial charge is 0.258 e. The SMILES string of the molecule is CC(=O)c1nc(Cl)c(Cl)cc1C(=O)Nc1ccccc1. The van der Waals surface area contributed by atoms with E-state index in [1.54, 1.807) is 24.3 Å². The number of ketones is 1. The molecule has 1 N–H and O–H groups in total. The molecule has 6 heteroatoms. The van der Waals surface area contributed by atoms with Gasteiger partial charge in [0.2, 0.25) is 0 Å². The van der Waals surface area contributed by atoms with Gasteiger partial charge >= 0.3 is 0 Å².